The molecule has 0 aliphatic carbocycles. The lowest BCUT2D eigenvalue weighted by molar-refractivity contribution is -0.142. The van der Waals surface area contributed by atoms with E-state index < -0.39 is 17.1 Å². The largest absolute Gasteiger partial charge is 0.466 e. The van der Waals surface area contributed by atoms with Crippen LogP contribution in [0, 0.1) is 0 Å². The fraction of sp³-hybridized carbons (Fsp3) is 0.182. The van der Waals surface area contributed by atoms with Crippen LogP contribution in [0.1, 0.15) is 41.9 Å². The molecule has 3 amide bonds. The number of benzene rings is 3. The number of carbonyl (C=O) groups excluding carboxylic acids is 4. The van der Waals surface area contributed by atoms with Gasteiger partial charge in [0.15, 0.2) is 5.13 Å². The topological polar surface area (TPSA) is 126 Å². The molecule has 4 rings (SSSR count). The van der Waals surface area contributed by atoms with E-state index in [9.17, 15) is 19.2 Å². The van der Waals surface area contributed by atoms with Gasteiger partial charge in [0, 0.05) is 26.0 Å². The smallest absolute Gasteiger partial charge is 0.311 e. The van der Waals surface area contributed by atoms with Gasteiger partial charge in [0.2, 0.25) is 5.91 Å². The Balaban J connectivity index is 1.44. The van der Waals surface area contributed by atoms with E-state index in [2.05, 4.69) is 36.9 Å². The first kappa shape index (κ1) is 33.6. The third-order valence-corrected chi connectivity index (χ3v) is 8.79. The molecule has 9 nitrogen and oxygen atoms in total. The molecule has 1 aromatic heterocycles. The van der Waals surface area contributed by atoms with Gasteiger partial charge >= 0.3 is 5.97 Å². The highest BCUT2D eigenvalue weighted by Gasteiger charge is 2.21. The summed E-state index contributed by atoms with van der Waals surface area (Å²) in [7, 11) is 0. The number of thioether (sulfide) groups is 1. The van der Waals surface area contributed by atoms with E-state index in [1.165, 1.54) is 23.1 Å². The van der Waals surface area contributed by atoms with Crippen LogP contribution in [0.4, 0.5) is 10.8 Å². The van der Waals surface area contributed by atoms with Gasteiger partial charge in [-0.2, -0.15) is 0 Å². The van der Waals surface area contributed by atoms with Crippen LogP contribution in [-0.4, -0.2) is 40.5 Å². The third-order valence-electron chi connectivity index (χ3n) is 6.13. The Morgan fingerprint density at radius 1 is 0.978 bits per heavy atom. The van der Waals surface area contributed by atoms with Gasteiger partial charge in [-0.1, -0.05) is 59.3 Å². The summed E-state index contributed by atoms with van der Waals surface area (Å²) in [6.07, 6.45) is 2.19. The van der Waals surface area contributed by atoms with Crippen molar-refractivity contribution in [3.63, 3.8) is 0 Å². The second-order valence-corrected chi connectivity index (χ2v) is 12.6. The van der Waals surface area contributed by atoms with Gasteiger partial charge in [0.1, 0.15) is 5.70 Å². The molecule has 4 aromatic rings. The summed E-state index contributed by atoms with van der Waals surface area (Å²) in [6, 6.07) is 23.2. The quantitative estimate of drug-likeness (QED) is 0.0782. The van der Waals surface area contributed by atoms with E-state index in [0.717, 1.165) is 14.9 Å². The molecular weight excluding hydrogens is 676 g/mol. The van der Waals surface area contributed by atoms with E-state index in [-0.39, 0.29) is 24.0 Å². The number of halogens is 1. The molecule has 45 heavy (non-hydrogen) atoms. The predicted molar refractivity (Wildman–Crippen MR) is 182 cm³/mol. The van der Waals surface area contributed by atoms with Crippen molar-refractivity contribution in [2.45, 2.75) is 36.8 Å². The predicted octanol–water partition coefficient (Wildman–Crippen LogP) is 6.93. The zero-order valence-corrected chi connectivity index (χ0v) is 27.8. The van der Waals surface area contributed by atoms with Crippen LogP contribution in [0.25, 0.3) is 6.08 Å². The van der Waals surface area contributed by atoms with Crippen molar-refractivity contribution in [1.29, 1.82) is 0 Å². The number of thiazole rings is 1. The molecule has 0 saturated heterocycles. The van der Waals surface area contributed by atoms with Crippen LogP contribution in [0.3, 0.4) is 0 Å². The van der Waals surface area contributed by atoms with Gasteiger partial charge in [-0.3, -0.25) is 19.2 Å². The van der Waals surface area contributed by atoms with Crippen LogP contribution in [0.5, 0.6) is 0 Å². The molecule has 0 radical (unpaired) electrons. The molecule has 1 unspecified atom stereocenters. The Hall–Kier alpha value is -4.26. The van der Waals surface area contributed by atoms with E-state index in [1.54, 1.807) is 60.8 Å². The van der Waals surface area contributed by atoms with E-state index in [1.807, 2.05) is 43.3 Å². The number of carbonyl (C=O) groups is 4. The number of rotatable bonds is 13. The van der Waals surface area contributed by atoms with Crippen molar-refractivity contribution in [2.24, 2.45) is 0 Å². The van der Waals surface area contributed by atoms with Crippen molar-refractivity contribution in [3.8, 4) is 0 Å². The lowest BCUT2D eigenvalue weighted by Gasteiger charge is -2.15. The monoisotopic (exact) mass is 706 g/mol. The van der Waals surface area contributed by atoms with Gasteiger partial charge in [-0.25, -0.2) is 4.98 Å². The molecule has 0 aliphatic rings. The lowest BCUT2D eigenvalue weighted by atomic mass is 10.1. The van der Waals surface area contributed by atoms with Crippen LogP contribution in [0.15, 0.2) is 99.3 Å². The molecule has 1 heterocycles. The zero-order chi connectivity index (χ0) is 32.2. The SMILES string of the molecule is CCOC(=O)Cc1csc(NC(=O)C(CC)Sc2cccc(NC(=O)/C(=C\c3cccc(Br)c3)NC(=O)c3ccccc3)c2)n1. The maximum atomic E-state index is 13.5. The minimum Gasteiger partial charge on any atom is -0.466 e. The molecule has 232 valence electrons. The first-order chi connectivity index (χ1) is 21.7. The average molecular weight is 708 g/mol. The first-order valence-corrected chi connectivity index (χ1v) is 16.6. The minimum atomic E-state index is -0.506. The Labute approximate surface area is 278 Å². The summed E-state index contributed by atoms with van der Waals surface area (Å²) in [5.41, 5.74) is 2.23. The van der Waals surface area contributed by atoms with Crippen LogP contribution >= 0.6 is 39.0 Å². The van der Waals surface area contributed by atoms with E-state index in [0.29, 0.717) is 35.1 Å². The van der Waals surface area contributed by atoms with Gasteiger partial charge in [0.25, 0.3) is 11.8 Å². The normalized spacial score (nSPS) is 11.8. The van der Waals surface area contributed by atoms with E-state index in [4.69, 9.17) is 4.74 Å². The highest BCUT2D eigenvalue weighted by atomic mass is 79.9. The second-order valence-electron chi connectivity index (χ2n) is 9.54. The third kappa shape index (κ3) is 10.4. The fourth-order valence-corrected chi connectivity index (χ4v) is 6.17. The van der Waals surface area contributed by atoms with Gasteiger partial charge in [-0.15, -0.1) is 23.1 Å². The van der Waals surface area contributed by atoms with Gasteiger partial charge < -0.3 is 20.7 Å². The summed E-state index contributed by atoms with van der Waals surface area (Å²) in [5.74, 6) is -1.52. The standard InChI is InChI=1S/C33H31BrN4O5S2/c1-3-28(32(42)38-33-36-25(20-44-33)19-29(39)43-4-2)45-26-15-9-14-24(18-26)35-31(41)27(17-21-10-8-13-23(34)16-21)37-30(40)22-11-6-5-7-12-22/h5-18,20,28H,3-4,19H2,1-2H3,(H,35,41)(H,37,40)(H,36,38,42)/b27-17+. The van der Waals surface area contributed by atoms with E-state index >= 15 is 0 Å². The van der Waals surface area contributed by atoms with Crippen molar-refractivity contribution in [3.05, 3.63) is 111 Å². The number of ether oxygens (including phenoxy) is 1. The number of aromatic nitrogens is 1. The Kier molecular flexibility index (Phi) is 12.5. The molecule has 0 aliphatic heterocycles. The number of hydrogen-bond donors (Lipinski definition) is 3. The summed E-state index contributed by atoms with van der Waals surface area (Å²) in [6.45, 7) is 3.94. The highest BCUT2D eigenvalue weighted by molar-refractivity contribution is 9.10. The molecule has 12 heteroatoms. The molecule has 1 atom stereocenters. The van der Waals surface area contributed by atoms with Gasteiger partial charge in [0.05, 0.1) is 24.0 Å². The number of nitrogens with one attached hydrogen (secondary N) is 3. The highest BCUT2D eigenvalue weighted by Crippen LogP contribution is 2.29. The summed E-state index contributed by atoms with van der Waals surface area (Å²) >= 11 is 6.03. The lowest BCUT2D eigenvalue weighted by Crippen LogP contribution is -2.30. The number of esters is 1. The summed E-state index contributed by atoms with van der Waals surface area (Å²) in [5, 5.41) is 10.1. The molecule has 3 aromatic carbocycles. The maximum Gasteiger partial charge on any atom is 0.311 e. The molecule has 3 N–H and O–H groups in total. The van der Waals surface area contributed by atoms with Crippen molar-refractivity contribution in [1.82, 2.24) is 10.3 Å². The minimum absolute atomic E-state index is 0.0421. The maximum absolute atomic E-state index is 13.5. The van der Waals surface area contributed by atoms with Gasteiger partial charge in [-0.05, 0) is 67.4 Å². The number of anilines is 2. The summed E-state index contributed by atoms with van der Waals surface area (Å²) < 4.78 is 5.79. The molecular formula is C33H31BrN4O5S2. The fourth-order valence-electron chi connectivity index (χ4n) is 4.03. The van der Waals surface area contributed by atoms with Crippen LogP contribution < -0.4 is 16.0 Å². The van der Waals surface area contributed by atoms with Crippen LogP contribution in [-0.2, 0) is 25.5 Å². The number of amides is 3. The average Bonchev–Trinajstić information content (AvgIpc) is 3.46. The Morgan fingerprint density at radius 2 is 1.76 bits per heavy atom. The molecule has 0 spiro atoms. The van der Waals surface area contributed by atoms with Crippen molar-refractivity contribution >= 4 is 79.6 Å². The first-order valence-electron chi connectivity index (χ1n) is 14.1. The molecule has 0 bridgehead atoms. The number of nitrogens with zero attached hydrogens (tertiary/aromatic N) is 1. The van der Waals surface area contributed by atoms with Crippen molar-refractivity contribution in [2.75, 3.05) is 17.2 Å². The molecule has 0 saturated carbocycles. The summed E-state index contributed by atoms with van der Waals surface area (Å²) in [4.78, 5) is 56.3. The zero-order valence-electron chi connectivity index (χ0n) is 24.5. The molecule has 0 fully saturated rings. The Bertz CT molecular complexity index is 1690. The number of hydrogen-bond acceptors (Lipinski definition) is 8. The second kappa shape index (κ2) is 16.7. The Morgan fingerprint density at radius 3 is 2.49 bits per heavy atom. The van der Waals surface area contributed by atoms with Crippen molar-refractivity contribution < 1.29 is 23.9 Å². The van der Waals surface area contributed by atoms with Crippen LogP contribution in [0.2, 0.25) is 0 Å².